The molecule has 0 atom stereocenters. The van der Waals surface area contributed by atoms with Crippen LogP contribution in [0.25, 0.3) is 0 Å². The molecule has 0 N–H and O–H groups in total. The third kappa shape index (κ3) is 3.20. The highest BCUT2D eigenvalue weighted by Gasteiger charge is 2.55. The minimum atomic E-state index is -0.695. The Morgan fingerprint density at radius 2 is 1.21 bits per heavy atom. The molecule has 2 heterocycles. The van der Waals surface area contributed by atoms with Gasteiger partial charge in [-0.15, -0.1) is 0 Å². The summed E-state index contributed by atoms with van der Waals surface area (Å²) in [6, 6.07) is 4.07. The third-order valence-corrected chi connectivity index (χ3v) is 7.10. The Morgan fingerprint density at radius 3 is 1.61 bits per heavy atom. The number of hydrogen-bond donors (Lipinski definition) is 0. The van der Waals surface area contributed by atoms with Crippen molar-refractivity contribution in [3.63, 3.8) is 0 Å². The van der Waals surface area contributed by atoms with Crippen molar-refractivity contribution in [2.75, 3.05) is 0 Å². The van der Waals surface area contributed by atoms with E-state index in [-0.39, 0.29) is 0 Å². The lowest BCUT2D eigenvalue weighted by Crippen LogP contribution is -2.46. The molecular formula is C20H28B2ClNO4. The van der Waals surface area contributed by atoms with Crippen molar-refractivity contribution in [2.45, 2.75) is 84.7 Å². The molecule has 5 nitrogen and oxygen atoms in total. The Labute approximate surface area is 173 Å². The Balaban J connectivity index is 2.13. The van der Waals surface area contributed by atoms with E-state index in [9.17, 15) is 5.26 Å². The average Bonchev–Trinajstić information content (AvgIpc) is 2.88. The highest BCUT2D eigenvalue weighted by atomic mass is 35.5. The third-order valence-electron chi connectivity index (χ3n) is 6.71. The summed E-state index contributed by atoms with van der Waals surface area (Å²) in [4.78, 5) is 0. The van der Waals surface area contributed by atoms with E-state index in [0.29, 0.717) is 21.5 Å². The van der Waals surface area contributed by atoms with Crippen LogP contribution in [0.1, 0.15) is 66.5 Å². The SMILES string of the molecule is Cc1c(Cl)cc(B2OC(C)(C)C(C)(C)O2)c(C#N)c1B1OC(C)(C)C(C)(C)O1. The van der Waals surface area contributed by atoms with Crippen LogP contribution in [-0.2, 0) is 18.6 Å². The molecule has 28 heavy (non-hydrogen) atoms. The first-order valence-corrected chi connectivity index (χ1v) is 9.95. The Kier molecular flexibility index (Phi) is 5.02. The molecule has 0 radical (unpaired) electrons. The van der Waals surface area contributed by atoms with Crippen LogP contribution in [0.2, 0.25) is 5.02 Å². The zero-order chi connectivity index (χ0) is 21.3. The summed E-state index contributed by atoms with van der Waals surface area (Å²) < 4.78 is 24.8. The Bertz CT molecular complexity index is 829. The van der Waals surface area contributed by atoms with E-state index in [1.165, 1.54) is 0 Å². The van der Waals surface area contributed by atoms with Crippen molar-refractivity contribution in [1.82, 2.24) is 0 Å². The molecule has 2 aliphatic heterocycles. The number of benzene rings is 1. The fourth-order valence-corrected chi connectivity index (χ4v) is 3.54. The zero-order valence-corrected chi connectivity index (χ0v) is 18.9. The van der Waals surface area contributed by atoms with Gasteiger partial charge in [0.15, 0.2) is 0 Å². The van der Waals surface area contributed by atoms with Gasteiger partial charge in [0.25, 0.3) is 0 Å². The van der Waals surface area contributed by atoms with Gasteiger partial charge in [0.05, 0.1) is 34.0 Å². The van der Waals surface area contributed by atoms with E-state index in [4.69, 9.17) is 30.2 Å². The largest absolute Gasteiger partial charge is 0.496 e. The normalized spacial score (nSPS) is 24.5. The summed E-state index contributed by atoms with van der Waals surface area (Å²) in [5, 5.41) is 10.6. The monoisotopic (exact) mass is 403 g/mol. The number of rotatable bonds is 2. The molecule has 2 aliphatic rings. The van der Waals surface area contributed by atoms with Gasteiger partial charge in [0.2, 0.25) is 0 Å². The maximum Gasteiger partial charge on any atom is 0.496 e. The zero-order valence-electron chi connectivity index (χ0n) is 18.2. The van der Waals surface area contributed by atoms with Crippen LogP contribution >= 0.6 is 11.6 Å². The van der Waals surface area contributed by atoms with Crippen molar-refractivity contribution < 1.29 is 18.6 Å². The molecule has 3 rings (SSSR count). The summed E-state index contributed by atoms with van der Waals surface area (Å²) in [6.07, 6.45) is 0. The molecule has 1 aromatic carbocycles. The molecule has 0 spiro atoms. The molecular weight excluding hydrogens is 375 g/mol. The van der Waals surface area contributed by atoms with Crippen molar-refractivity contribution >= 4 is 36.8 Å². The number of nitrogens with zero attached hydrogens (tertiary/aromatic N) is 1. The molecule has 150 valence electrons. The van der Waals surface area contributed by atoms with Crippen LogP contribution in [0, 0.1) is 18.3 Å². The molecule has 2 saturated heterocycles. The summed E-state index contributed by atoms with van der Waals surface area (Å²) in [5.41, 5.74) is 0.335. The predicted molar refractivity (Wildman–Crippen MR) is 112 cm³/mol. The fraction of sp³-hybridized carbons (Fsp3) is 0.650. The van der Waals surface area contributed by atoms with Gasteiger partial charge >= 0.3 is 14.2 Å². The molecule has 0 aliphatic carbocycles. The molecule has 8 heteroatoms. The second-order valence-corrected chi connectivity index (χ2v) is 10.1. The van der Waals surface area contributed by atoms with Gasteiger partial charge in [-0.2, -0.15) is 5.26 Å². The standard InChI is InChI=1S/C20H28B2ClNO4/c1-12-15(23)10-14(21-25-17(2,3)18(4,5)26-21)13(11-24)16(12)22-27-19(6,7)20(8,9)28-22/h10H,1-9H3. The second-order valence-electron chi connectivity index (χ2n) is 9.65. The van der Waals surface area contributed by atoms with Gasteiger partial charge in [-0.05, 0) is 73.9 Å². The predicted octanol–water partition coefficient (Wildman–Crippen LogP) is 3.12. The summed E-state index contributed by atoms with van der Waals surface area (Å²) in [7, 11) is -1.39. The topological polar surface area (TPSA) is 60.7 Å². The number of nitriles is 1. The minimum absolute atomic E-state index is 0.430. The number of hydrogen-bond acceptors (Lipinski definition) is 5. The molecule has 0 saturated carbocycles. The Hall–Kier alpha value is -1.03. The van der Waals surface area contributed by atoms with Gasteiger partial charge in [-0.1, -0.05) is 11.6 Å². The van der Waals surface area contributed by atoms with Crippen LogP contribution in [0.5, 0.6) is 0 Å². The Morgan fingerprint density at radius 1 is 0.821 bits per heavy atom. The van der Waals surface area contributed by atoms with E-state index < -0.39 is 36.6 Å². The second kappa shape index (κ2) is 6.48. The van der Waals surface area contributed by atoms with E-state index in [1.54, 1.807) is 6.07 Å². The van der Waals surface area contributed by atoms with E-state index in [2.05, 4.69) is 6.07 Å². The molecule has 2 fully saturated rings. The number of halogens is 1. The van der Waals surface area contributed by atoms with Gasteiger partial charge in [0, 0.05) is 15.9 Å². The average molecular weight is 404 g/mol. The highest BCUT2D eigenvalue weighted by Crippen LogP contribution is 2.39. The van der Waals surface area contributed by atoms with E-state index in [0.717, 1.165) is 5.56 Å². The lowest BCUT2D eigenvalue weighted by atomic mass is 9.66. The molecule has 0 unspecified atom stereocenters. The first kappa shape index (κ1) is 21.7. The summed E-state index contributed by atoms with van der Waals surface area (Å²) >= 11 is 6.56. The van der Waals surface area contributed by atoms with Crippen LogP contribution in [0.3, 0.4) is 0 Å². The smallest absolute Gasteiger partial charge is 0.399 e. The van der Waals surface area contributed by atoms with Crippen molar-refractivity contribution in [1.29, 1.82) is 5.26 Å². The van der Waals surface area contributed by atoms with Crippen LogP contribution < -0.4 is 10.9 Å². The first-order valence-electron chi connectivity index (χ1n) is 9.58. The quantitative estimate of drug-likeness (QED) is 0.710. The van der Waals surface area contributed by atoms with Gasteiger partial charge in [0.1, 0.15) is 0 Å². The molecule has 0 aromatic heterocycles. The van der Waals surface area contributed by atoms with Gasteiger partial charge < -0.3 is 18.6 Å². The molecule has 0 amide bonds. The maximum absolute atomic E-state index is 10.0. The summed E-state index contributed by atoms with van der Waals surface area (Å²) in [6.45, 7) is 17.7. The lowest BCUT2D eigenvalue weighted by molar-refractivity contribution is 0.00578. The minimum Gasteiger partial charge on any atom is -0.399 e. The van der Waals surface area contributed by atoms with Crippen LogP contribution in [-0.4, -0.2) is 36.6 Å². The van der Waals surface area contributed by atoms with E-state index >= 15 is 0 Å². The molecule has 1 aromatic rings. The molecule has 0 bridgehead atoms. The fourth-order valence-electron chi connectivity index (χ4n) is 3.32. The van der Waals surface area contributed by atoms with Crippen molar-refractivity contribution in [3.05, 3.63) is 22.2 Å². The van der Waals surface area contributed by atoms with Crippen LogP contribution in [0.4, 0.5) is 0 Å². The van der Waals surface area contributed by atoms with Gasteiger partial charge in [-0.25, -0.2) is 0 Å². The van der Waals surface area contributed by atoms with Gasteiger partial charge in [-0.3, -0.25) is 0 Å². The van der Waals surface area contributed by atoms with Crippen molar-refractivity contribution in [2.24, 2.45) is 0 Å². The maximum atomic E-state index is 10.0. The van der Waals surface area contributed by atoms with E-state index in [1.807, 2.05) is 62.3 Å². The summed E-state index contributed by atoms with van der Waals surface area (Å²) in [5.74, 6) is 0. The lowest BCUT2D eigenvalue weighted by Gasteiger charge is -2.32. The van der Waals surface area contributed by atoms with Crippen molar-refractivity contribution in [3.8, 4) is 6.07 Å². The van der Waals surface area contributed by atoms with Crippen LogP contribution in [0.15, 0.2) is 6.07 Å². The highest BCUT2D eigenvalue weighted by molar-refractivity contribution is 6.68. The first-order chi connectivity index (χ1) is 12.6.